The summed E-state index contributed by atoms with van der Waals surface area (Å²) in [5, 5.41) is 0. The van der Waals surface area contributed by atoms with Gasteiger partial charge in [0, 0.05) is 25.3 Å². The van der Waals surface area contributed by atoms with Crippen molar-refractivity contribution in [2.24, 2.45) is 5.73 Å². The molecule has 0 aliphatic heterocycles. The van der Waals surface area contributed by atoms with Gasteiger partial charge in [0.25, 0.3) is 0 Å². The summed E-state index contributed by atoms with van der Waals surface area (Å²) in [7, 11) is 2.04. The number of hydrogen-bond acceptors (Lipinski definition) is 3. The van der Waals surface area contributed by atoms with Gasteiger partial charge in [-0.3, -0.25) is 0 Å². The highest BCUT2D eigenvalue weighted by molar-refractivity contribution is 5.36. The van der Waals surface area contributed by atoms with Crippen LogP contribution in [0.1, 0.15) is 20.3 Å². The highest BCUT2D eigenvalue weighted by Gasteiger charge is 2.11. The Bertz CT molecular complexity index is 264. The van der Waals surface area contributed by atoms with E-state index in [1.165, 1.54) is 0 Å². The van der Waals surface area contributed by atoms with E-state index in [4.69, 9.17) is 5.73 Å². The average molecular weight is 193 g/mol. The Balaban J connectivity index is 2.48. The molecule has 3 nitrogen and oxygen atoms in total. The van der Waals surface area contributed by atoms with Crippen LogP contribution < -0.4 is 10.6 Å². The average Bonchev–Trinajstić information content (AvgIpc) is 2.14. The van der Waals surface area contributed by atoms with E-state index in [-0.39, 0.29) is 5.54 Å². The van der Waals surface area contributed by atoms with Gasteiger partial charge in [-0.05, 0) is 32.4 Å². The molecule has 0 saturated carbocycles. The molecule has 0 spiro atoms. The van der Waals surface area contributed by atoms with Crippen LogP contribution in [0, 0.1) is 0 Å². The summed E-state index contributed by atoms with van der Waals surface area (Å²) < 4.78 is 0. The zero-order valence-corrected chi connectivity index (χ0v) is 9.20. The van der Waals surface area contributed by atoms with E-state index < -0.39 is 0 Å². The van der Waals surface area contributed by atoms with Crippen LogP contribution in [0.3, 0.4) is 0 Å². The topological polar surface area (TPSA) is 42.1 Å². The van der Waals surface area contributed by atoms with Crippen LogP contribution in [0.15, 0.2) is 24.4 Å². The van der Waals surface area contributed by atoms with Crippen LogP contribution in [-0.2, 0) is 0 Å². The fraction of sp³-hybridized carbons (Fsp3) is 0.545. The minimum absolute atomic E-state index is 0.108. The first-order valence-corrected chi connectivity index (χ1v) is 4.90. The molecular formula is C11H19N3. The van der Waals surface area contributed by atoms with E-state index in [2.05, 4.69) is 9.88 Å². The minimum atomic E-state index is -0.108. The third-order valence-corrected chi connectivity index (χ3v) is 2.13. The van der Waals surface area contributed by atoms with Crippen molar-refractivity contribution in [3.05, 3.63) is 24.4 Å². The lowest BCUT2D eigenvalue weighted by atomic mass is 10.0. The molecule has 14 heavy (non-hydrogen) atoms. The summed E-state index contributed by atoms with van der Waals surface area (Å²) in [5.41, 5.74) is 5.81. The van der Waals surface area contributed by atoms with Crippen LogP contribution in [0.5, 0.6) is 0 Å². The number of rotatable bonds is 4. The molecular weight excluding hydrogens is 174 g/mol. The Morgan fingerprint density at radius 1 is 1.43 bits per heavy atom. The Morgan fingerprint density at radius 3 is 2.64 bits per heavy atom. The van der Waals surface area contributed by atoms with Gasteiger partial charge in [-0.2, -0.15) is 0 Å². The van der Waals surface area contributed by atoms with E-state index in [1.54, 1.807) is 6.20 Å². The van der Waals surface area contributed by atoms with E-state index in [1.807, 2.05) is 39.1 Å². The van der Waals surface area contributed by atoms with Crippen molar-refractivity contribution in [3.63, 3.8) is 0 Å². The van der Waals surface area contributed by atoms with Crippen molar-refractivity contribution >= 4 is 5.82 Å². The van der Waals surface area contributed by atoms with Crippen molar-refractivity contribution in [1.29, 1.82) is 0 Å². The number of pyridine rings is 1. The SMILES string of the molecule is CN(CCC(C)(C)N)c1ccccn1. The standard InChI is InChI=1S/C11H19N3/c1-11(2,12)7-9-14(3)10-6-4-5-8-13-10/h4-6,8H,7,9,12H2,1-3H3. The number of anilines is 1. The Hall–Kier alpha value is -1.09. The van der Waals surface area contributed by atoms with Crippen LogP contribution in [0.25, 0.3) is 0 Å². The number of nitrogens with two attached hydrogens (primary N) is 1. The first-order chi connectivity index (χ1) is 6.49. The molecule has 0 atom stereocenters. The molecule has 0 fully saturated rings. The second kappa shape index (κ2) is 4.42. The summed E-state index contributed by atoms with van der Waals surface area (Å²) in [6, 6.07) is 5.92. The molecule has 0 saturated heterocycles. The van der Waals surface area contributed by atoms with Gasteiger partial charge in [0.05, 0.1) is 0 Å². The van der Waals surface area contributed by atoms with E-state index in [9.17, 15) is 0 Å². The second-order valence-electron chi connectivity index (χ2n) is 4.35. The highest BCUT2D eigenvalue weighted by atomic mass is 15.2. The minimum Gasteiger partial charge on any atom is -0.360 e. The first-order valence-electron chi connectivity index (χ1n) is 4.90. The summed E-state index contributed by atoms with van der Waals surface area (Å²) in [6.07, 6.45) is 2.76. The maximum Gasteiger partial charge on any atom is 0.128 e. The van der Waals surface area contributed by atoms with E-state index in [0.717, 1.165) is 18.8 Å². The van der Waals surface area contributed by atoms with Gasteiger partial charge in [0.1, 0.15) is 5.82 Å². The van der Waals surface area contributed by atoms with E-state index >= 15 is 0 Å². The van der Waals surface area contributed by atoms with Gasteiger partial charge in [-0.1, -0.05) is 6.07 Å². The summed E-state index contributed by atoms with van der Waals surface area (Å²) in [4.78, 5) is 6.38. The molecule has 0 unspecified atom stereocenters. The molecule has 3 heteroatoms. The maximum absolute atomic E-state index is 5.91. The molecule has 1 aromatic rings. The summed E-state index contributed by atoms with van der Waals surface area (Å²) >= 11 is 0. The van der Waals surface area contributed by atoms with Gasteiger partial charge < -0.3 is 10.6 Å². The van der Waals surface area contributed by atoms with Crippen LogP contribution >= 0.6 is 0 Å². The van der Waals surface area contributed by atoms with Gasteiger partial charge >= 0.3 is 0 Å². The van der Waals surface area contributed by atoms with E-state index in [0.29, 0.717) is 0 Å². The smallest absolute Gasteiger partial charge is 0.128 e. The van der Waals surface area contributed by atoms with Crippen molar-refractivity contribution < 1.29 is 0 Å². The predicted molar refractivity (Wildman–Crippen MR) is 60.4 cm³/mol. The molecule has 78 valence electrons. The molecule has 1 aromatic heterocycles. The molecule has 1 rings (SSSR count). The third kappa shape index (κ3) is 3.75. The van der Waals surface area contributed by atoms with Crippen LogP contribution in [0.2, 0.25) is 0 Å². The Labute approximate surface area is 85.9 Å². The van der Waals surface area contributed by atoms with Crippen LogP contribution in [-0.4, -0.2) is 24.1 Å². The number of aromatic nitrogens is 1. The van der Waals surface area contributed by atoms with Crippen LogP contribution in [0.4, 0.5) is 5.82 Å². The van der Waals surface area contributed by atoms with Gasteiger partial charge in [-0.15, -0.1) is 0 Å². The number of nitrogens with zero attached hydrogens (tertiary/aromatic N) is 2. The van der Waals surface area contributed by atoms with Crippen molar-refractivity contribution in [3.8, 4) is 0 Å². The summed E-state index contributed by atoms with van der Waals surface area (Å²) in [6.45, 7) is 5.01. The largest absolute Gasteiger partial charge is 0.360 e. The molecule has 1 heterocycles. The lowest BCUT2D eigenvalue weighted by molar-refractivity contribution is 0.478. The molecule has 0 bridgehead atoms. The van der Waals surface area contributed by atoms with Crippen molar-refractivity contribution in [1.82, 2.24) is 4.98 Å². The third-order valence-electron chi connectivity index (χ3n) is 2.13. The fourth-order valence-corrected chi connectivity index (χ4v) is 1.15. The van der Waals surface area contributed by atoms with Gasteiger partial charge in [0.15, 0.2) is 0 Å². The zero-order valence-electron chi connectivity index (χ0n) is 9.20. The first kappa shape index (κ1) is 11.0. The normalized spacial score (nSPS) is 11.4. The van der Waals surface area contributed by atoms with Crippen molar-refractivity contribution in [2.75, 3.05) is 18.5 Å². The summed E-state index contributed by atoms with van der Waals surface area (Å²) in [5.74, 6) is 0.997. The zero-order chi connectivity index (χ0) is 10.6. The molecule has 0 aliphatic rings. The molecule has 2 N–H and O–H groups in total. The monoisotopic (exact) mass is 193 g/mol. The molecule has 0 radical (unpaired) electrons. The molecule has 0 amide bonds. The lowest BCUT2D eigenvalue weighted by Gasteiger charge is -2.24. The fourth-order valence-electron chi connectivity index (χ4n) is 1.15. The predicted octanol–water partition coefficient (Wildman–Crippen LogP) is 1.65. The van der Waals surface area contributed by atoms with Crippen molar-refractivity contribution in [2.45, 2.75) is 25.8 Å². The molecule has 0 aliphatic carbocycles. The quantitative estimate of drug-likeness (QED) is 0.790. The lowest BCUT2D eigenvalue weighted by Crippen LogP contribution is -2.36. The highest BCUT2D eigenvalue weighted by Crippen LogP contribution is 2.10. The Kier molecular flexibility index (Phi) is 3.47. The molecule has 0 aromatic carbocycles. The Morgan fingerprint density at radius 2 is 2.14 bits per heavy atom. The maximum atomic E-state index is 5.91. The second-order valence-corrected chi connectivity index (χ2v) is 4.35. The van der Waals surface area contributed by atoms with Gasteiger partial charge in [-0.25, -0.2) is 4.98 Å². The number of hydrogen-bond donors (Lipinski definition) is 1. The van der Waals surface area contributed by atoms with Gasteiger partial charge in [0.2, 0.25) is 0 Å².